The van der Waals surface area contributed by atoms with Gasteiger partial charge in [-0.25, -0.2) is 4.98 Å². The zero-order valence-corrected chi connectivity index (χ0v) is 13.0. The van der Waals surface area contributed by atoms with E-state index in [2.05, 4.69) is 16.0 Å². The van der Waals surface area contributed by atoms with Crippen molar-refractivity contribution in [1.82, 2.24) is 9.97 Å². The molecule has 0 fully saturated rings. The summed E-state index contributed by atoms with van der Waals surface area (Å²) in [6.45, 7) is 2.36. The van der Waals surface area contributed by atoms with Gasteiger partial charge in [-0.15, -0.1) is 0 Å². The number of para-hydroxylation sites is 2. The first kappa shape index (κ1) is 15.4. The minimum absolute atomic E-state index is 0.0178. The van der Waals surface area contributed by atoms with Crippen molar-refractivity contribution >= 4 is 17.5 Å². The number of anilines is 3. The van der Waals surface area contributed by atoms with Crippen LogP contribution in [0.15, 0.2) is 47.1 Å². The van der Waals surface area contributed by atoms with E-state index in [-0.39, 0.29) is 17.3 Å². The molecule has 3 N–H and O–H groups in total. The molecule has 0 aliphatic rings. The molecular formula is C17H15N5O2. The lowest BCUT2D eigenvalue weighted by atomic mass is 10.1. The molecule has 0 saturated carbocycles. The fraction of sp³-hybridized carbons (Fsp3) is 0.118. The lowest BCUT2D eigenvalue weighted by molar-refractivity contribution is 0.475. The van der Waals surface area contributed by atoms with Gasteiger partial charge in [0.2, 0.25) is 5.95 Å². The maximum Gasteiger partial charge on any atom is 0.222 e. The zero-order valence-electron chi connectivity index (χ0n) is 13.0. The van der Waals surface area contributed by atoms with Crippen molar-refractivity contribution in [3.63, 3.8) is 0 Å². The summed E-state index contributed by atoms with van der Waals surface area (Å²) < 4.78 is 5.35. The van der Waals surface area contributed by atoms with Crippen LogP contribution < -0.4 is 10.6 Å². The average molecular weight is 321 g/mol. The van der Waals surface area contributed by atoms with Crippen LogP contribution in [0.4, 0.5) is 17.5 Å². The monoisotopic (exact) mass is 321 g/mol. The Morgan fingerprint density at radius 1 is 1.25 bits per heavy atom. The van der Waals surface area contributed by atoms with Gasteiger partial charge in [0, 0.05) is 6.54 Å². The minimum Gasteiger partial charge on any atom is -0.506 e. The number of phenols is 1. The summed E-state index contributed by atoms with van der Waals surface area (Å²) in [6.07, 6.45) is 1.50. The number of aromatic hydroxyl groups is 1. The molecule has 1 aromatic carbocycles. The van der Waals surface area contributed by atoms with Crippen LogP contribution in [0, 0.1) is 11.3 Å². The second-order valence-corrected chi connectivity index (χ2v) is 4.95. The predicted octanol–water partition coefficient (Wildman–Crippen LogP) is 3.05. The Morgan fingerprint density at radius 3 is 2.67 bits per heavy atom. The van der Waals surface area contributed by atoms with Crippen LogP contribution in [0.25, 0.3) is 11.5 Å². The molecule has 0 atom stereocenters. The van der Waals surface area contributed by atoms with E-state index in [0.717, 1.165) is 0 Å². The number of nitrogens with zero attached hydrogens (tertiary/aromatic N) is 4. The van der Waals surface area contributed by atoms with Gasteiger partial charge < -0.3 is 20.2 Å². The summed E-state index contributed by atoms with van der Waals surface area (Å²) in [7, 11) is 0. The summed E-state index contributed by atoms with van der Waals surface area (Å²) in [5.74, 6) is 0.847. The molecule has 7 nitrogen and oxygen atoms in total. The standard InChI is InChI=1S/C17H15N5O2/c1-2-22(12-6-3-4-7-13(12)23)16-11(10-18)15(20-17(19)21-16)14-8-5-9-24-14/h3-9,23H,2H2,1H3,(H2,19,20,21). The van der Waals surface area contributed by atoms with Gasteiger partial charge >= 0.3 is 0 Å². The van der Waals surface area contributed by atoms with Crippen LogP contribution in [0.2, 0.25) is 0 Å². The van der Waals surface area contributed by atoms with Crippen LogP contribution in [-0.4, -0.2) is 21.6 Å². The molecule has 2 heterocycles. The quantitative estimate of drug-likeness (QED) is 0.759. The first-order valence-electron chi connectivity index (χ1n) is 7.32. The summed E-state index contributed by atoms with van der Waals surface area (Å²) in [4.78, 5) is 10.1. The molecular weight excluding hydrogens is 306 g/mol. The second-order valence-electron chi connectivity index (χ2n) is 4.95. The summed E-state index contributed by atoms with van der Waals surface area (Å²) in [6, 6.07) is 12.3. The van der Waals surface area contributed by atoms with Crippen LogP contribution in [0.3, 0.4) is 0 Å². The van der Waals surface area contributed by atoms with Gasteiger partial charge in [0.05, 0.1) is 12.0 Å². The lowest BCUT2D eigenvalue weighted by Gasteiger charge is -2.24. The largest absolute Gasteiger partial charge is 0.506 e. The molecule has 0 bridgehead atoms. The lowest BCUT2D eigenvalue weighted by Crippen LogP contribution is -2.20. The van der Waals surface area contributed by atoms with Gasteiger partial charge in [-0.3, -0.25) is 0 Å². The summed E-state index contributed by atoms with van der Waals surface area (Å²) in [5.41, 5.74) is 6.91. The molecule has 24 heavy (non-hydrogen) atoms. The maximum absolute atomic E-state index is 10.1. The van der Waals surface area contributed by atoms with Crippen molar-refractivity contribution in [1.29, 1.82) is 5.26 Å². The molecule has 0 radical (unpaired) electrons. The summed E-state index contributed by atoms with van der Waals surface area (Å²) in [5, 5.41) is 19.8. The average Bonchev–Trinajstić information content (AvgIpc) is 3.11. The Labute approximate surface area is 138 Å². The van der Waals surface area contributed by atoms with Gasteiger partial charge in [-0.05, 0) is 31.2 Å². The van der Waals surface area contributed by atoms with Crippen LogP contribution in [0.5, 0.6) is 5.75 Å². The van der Waals surface area contributed by atoms with E-state index < -0.39 is 0 Å². The van der Waals surface area contributed by atoms with E-state index in [1.54, 1.807) is 41.3 Å². The van der Waals surface area contributed by atoms with Gasteiger partial charge in [0.15, 0.2) is 11.6 Å². The third kappa shape index (κ3) is 2.61. The Bertz CT molecular complexity index is 900. The van der Waals surface area contributed by atoms with Crippen molar-refractivity contribution < 1.29 is 9.52 Å². The van der Waals surface area contributed by atoms with Crippen molar-refractivity contribution in [2.75, 3.05) is 17.2 Å². The number of nitrogen functional groups attached to an aromatic ring is 1. The minimum atomic E-state index is 0.0178. The van der Waals surface area contributed by atoms with Crippen molar-refractivity contribution in [3.8, 4) is 23.3 Å². The molecule has 0 spiro atoms. The first-order chi connectivity index (χ1) is 11.7. The molecule has 3 rings (SSSR count). The van der Waals surface area contributed by atoms with Gasteiger partial charge in [-0.2, -0.15) is 10.2 Å². The highest BCUT2D eigenvalue weighted by atomic mass is 16.3. The van der Waals surface area contributed by atoms with E-state index in [9.17, 15) is 10.4 Å². The fourth-order valence-electron chi connectivity index (χ4n) is 2.48. The molecule has 7 heteroatoms. The second kappa shape index (κ2) is 6.30. The number of hydrogen-bond donors (Lipinski definition) is 2. The van der Waals surface area contributed by atoms with Crippen LogP contribution in [-0.2, 0) is 0 Å². The zero-order chi connectivity index (χ0) is 17.1. The van der Waals surface area contributed by atoms with Crippen molar-refractivity contribution in [3.05, 3.63) is 48.2 Å². The normalized spacial score (nSPS) is 10.3. The van der Waals surface area contributed by atoms with Gasteiger partial charge in [0.1, 0.15) is 23.1 Å². The molecule has 120 valence electrons. The predicted molar refractivity (Wildman–Crippen MR) is 89.6 cm³/mol. The van der Waals surface area contributed by atoms with E-state index >= 15 is 0 Å². The van der Waals surface area contributed by atoms with Gasteiger partial charge in [-0.1, -0.05) is 12.1 Å². The van der Waals surface area contributed by atoms with E-state index in [1.165, 1.54) is 6.26 Å². The number of hydrogen-bond acceptors (Lipinski definition) is 7. The number of phenolic OH excluding ortho intramolecular Hbond substituents is 1. The van der Waals surface area contributed by atoms with Crippen molar-refractivity contribution in [2.24, 2.45) is 0 Å². The first-order valence-corrected chi connectivity index (χ1v) is 7.32. The molecule has 0 unspecified atom stereocenters. The fourth-order valence-corrected chi connectivity index (χ4v) is 2.48. The number of nitrogens with two attached hydrogens (primary N) is 1. The number of benzene rings is 1. The Hall–Kier alpha value is -3.53. The number of furan rings is 1. The van der Waals surface area contributed by atoms with E-state index in [0.29, 0.717) is 29.5 Å². The molecule has 2 aromatic heterocycles. The highest BCUT2D eigenvalue weighted by Crippen LogP contribution is 2.36. The third-order valence-electron chi connectivity index (χ3n) is 3.52. The van der Waals surface area contributed by atoms with Crippen LogP contribution in [0.1, 0.15) is 12.5 Å². The number of aromatic nitrogens is 2. The molecule has 3 aromatic rings. The Morgan fingerprint density at radius 2 is 2.04 bits per heavy atom. The molecule has 0 saturated heterocycles. The topological polar surface area (TPSA) is 112 Å². The molecule has 0 aliphatic carbocycles. The Balaban J connectivity index is 2.24. The van der Waals surface area contributed by atoms with E-state index in [1.807, 2.05) is 6.92 Å². The highest BCUT2D eigenvalue weighted by molar-refractivity contribution is 5.77. The molecule has 0 aliphatic heterocycles. The SMILES string of the molecule is CCN(c1ccccc1O)c1nc(N)nc(-c2ccco2)c1C#N. The van der Waals surface area contributed by atoms with Gasteiger partial charge in [0.25, 0.3) is 0 Å². The highest BCUT2D eigenvalue weighted by Gasteiger charge is 2.22. The number of nitriles is 1. The van der Waals surface area contributed by atoms with E-state index in [4.69, 9.17) is 10.2 Å². The number of rotatable bonds is 4. The van der Waals surface area contributed by atoms with Crippen LogP contribution >= 0.6 is 0 Å². The smallest absolute Gasteiger partial charge is 0.222 e. The Kier molecular flexibility index (Phi) is 4.03. The van der Waals surface area contributed by atoms with Crippen molar-refractivity contribution in [2.45, 2.75) is 6.92 Å². The summed E-state index contributed by atoms with van der Waals surface area (Å²) >= 11 is 0. The maximum atomic E-state index is 10.1. The molecule has 0 amide bonds. The third-order valence-corrected chi connectivity index (χ3v) is 3.52.